The summed E-state index contributed by atoms with van der Waals surface area (Å²) in [5, 5.41) is 5.79. The number of nitrogens with one attached hydrogen (secondary N) is 2. The number of carbonyl (C=O) groups is 3. The van der Waals surface area contributed by atoms with Crippen molar-refractivity contribution in [3.05, 3.63) is 41.1 Å². The minimum Gasteiger partial charge on any atom is -0.419 e. The van der Waals surface area contributed by atoms with E-state index in [0.29, 0.717) is 16.8 Å². The highest BCUT2D eigenvalue weighted by atomic mass is 16.7. The molecular formula is C19H24N2O5. The second-order valence-electron chi connectivity index (χ2n) is 7.56. The second-order valence-corrected chi connectivity index (χ2v) is 7.56. The molecule has 1 aliphatic rings. The van der Waals surface area contributed by atoms with E-state index in [1.807, 2.05) is 20.8 Å². The topological polar surface area (TPSA) is 93.7 Å². The Balaban J connectivity index is 2.23. The molecule has 0 atom stereocenters. The number of cyclic esters (lactones) is 2. The Labute approximate surface area is 152 Å². The fourth-order valence-corrected chi connectivity index (χ4v) is 2.37. The first-order valence-electron chi connectivity index (χ1n) is 8.25. The molecule has 26 heavy (non-hydrogen) atoms. The first-order valence-corrected chi connectivity index (χ1v) is 8.25. The molecule has 0 bridgehead atoms. The van der Waals surface area contributed by atoms with Crippen LogP contribution in [0.15, 0.2) is 30.0 Å². The highest BCUT2D eigenvalue weighted by Crippen LogP contribution is 2.24. The normalized spacial score (nSPS) is 16.5. The van der Waals surface area contributed by atoms with Gasteiger partial charge in [-0.05, 0) is 45.4 Å². The molecule has 0 radical (unpaired) electrons. The number of hydrogen-bond acceptors (Lipinski definition) is 6. The smallest absolute Gasteiger partial charge is 0.350 e. The van der Waals surface area contributed by atoms with E-state index < -0.39 is 17.7 Å². The quantitative estimate of drug-likeness (QED) is 0.489. The second kappa shape index (κ2) is 6.82. The van der Waals surface area contributed by atoms with Crippen molar-refractivity contribution in [2.24, 2.45) is 0 Å². The molecule has 1 saturated heterocycles. The summed E-state index contributed by atoms with van der Waals surface area (Å²) in [5.74, 6) is -3.02. The van der Waals surface area contributed by atoms with Crippen molar-refractivity contribution in [3.63, 3.8) is 0 Å². The summed E-state index contributed by atoms with van der Waals surface area (Å²) in [6, 6.07) is 5.16. The number of anilines is 1. The maximum absolute atomic E-state index is 12.4. The van der Waals surface area contributed by atoms with Crippen LogP contribution in [0, 0.1) is 6.92 Å². The number of esters is 2. The third kappa shape index (κ3) is 4.62. The van der Waals surface area contributed by atoms with E-state index in [4.69, 9.17) is 9.47 Å². The van der Waals surface area contributed by atoms with Gasteiger partial charge in [-0.1, -0.05) is 6.07 Å². The first kappa shape index (κ1) is 19.5. The van der Waals surface area contributed by atoms with Crippen molar-refractivity contribution in [2.75, 3.05) is 5.32 Å². The number of benzene rings is 1. The van der Waals surface area contributed by atoms with Crippen LogP contribution in [0.4, 0.5) is 5.69 Å². The average Bonchev–Trinajstić information content (AvgIpc) is 2.44. The molecule has 7 nitrogen and oxygen atoms in total. The van der Waals surface area contributed by atoms with Crippen LogP contribution in [0.25, 0.3) is 0 Å². The standard InChI is InChI=1S/C19H24N2O5/c1-11-12(15(22)21-18(2,3)4)8-7-9-14(11)20-10-13-16(23)25-19(5,6)26-17(13)24/h7-10,20H,1-6H3,(H,21,22). The van der Waals surface area contributed by atoms with Gasteiger partial charge in [-0.25, -0.2) is 9.59 Å². The zero-order chi connectivity index (χ0) is 19.7. The monoisotopic (exact) mass is 360 g/mol. The predicted molar refractivity (Wildman–Crippen MR) is 96.4 cm³/mol. The Hall–Kier alpha value is -2.83. The Kier molecular flexibility index (Phi) is 5.11. The third-order valence-corrected chi connectivity index (χ3v) is 3.56. The largest absolute Gasteiger partial charge is 0.419 e. The summed E-state index contributed by atoms with van der Waals surface area (Å²) in [6.07, 6.45) is 1.23. The highest BCUT2D eigenvalue weighted by Gasteiger charge is 2.39. The zero-order valence-electron chi connectivity index (χ0n) is 15.9. The van der Waals surface area contributed by atoms with Gasteiger partial charge in [0.2, 0.25) is 0 Å². The lowest BCUT2D eigenvalue weighted by atomic mass is 10.0. The summed E-state index contributed by atoms with van der Waals surface area (Å²) >= 11 is 0. The van der Waals surface area contributed by atoms with Crippen molar-refractivity contribution < 1.29 is 23.9 Å². The van der Waals surface area contributed by atoms with E-state index in [9.17, 15) is 14.4 Å². The highest BCUT2D eigenvalue weighted by molar-refractivity contribution is 6.15. The zero-order valence-corrected chi connectivity index (χ0v) is 15.9. The molecule has 1 fully saturated rings. The van der Waals surface area contributed by atoms with Gasteiger partial charge in [0.25, 0.3) is 11.7 Å². The number of carbonyl (C=O) groups excluding carboxylic acids is 3. The van der Waals surface area contributed by atoms with E-state index in [0.717, 1.165) is 0 Å². The predicted octanol–water partition coefficient (Wildman–Crippen LogP) is 2.66. The van der Waals surface area contributed by atoms with E-state index in [2.05, 4.69) is 10.6 Å². The minimum atomic E-state index is -1.29. The van der Waals surface area contributed by atoms with E-state index in [1.165, 1.54) is 20.0 Å². The summed E-state index contributed by atoms with van der Waals surface area (Å²) in [6.45, 7) is 10.4. The molecule has 1 aromatic rings. The van der Waals surface area contributed by atoms with Crippen LogP contribution >= 0.6 is 0 Å². The van der Waals surface area contributed by atoms with Gasteiger partial charge >= 0.3 is 11.9 Å². The van der Waals surface area contributed by atoms with Crippen molar-refractivity contribution in [3.8, 4) is 0 Å². The molecule has 0 saturated carbocycles. The molecule has 140 valence electrons. The van der Waals surface area contributed by atoms with Gasteiger partial charge in [0.05, 0.1) is 0 Å². The van der Waals surface area contributed by atoms with Gasteiger partial charge in [0, 0.05) is 36.8 Å². The van der Waals surface area contributed by atoms with Crippen LogP contribution in [0.1, 0.15) is 50.5 Å². The summed E-state index contributed by atoms with van der Waals surface area (Å²) in [5.41, 5.74) is 1.16. The van der Waals surface area contributed by atoms with Crippen LogP contribution in [-0.4, -0.2) is 29.2 Å². The van der Waals surface area contributed by atoms with Crippen LogP contribution in [-0.2, 0) is 19.1 Å². The number of rotatable bonds is 3. The Morgan fingerprint density at radius 3 is 2.23 bits per heavy atom. The maximum atomic E-state index is 12.4. The molecule has 2 rings (SSSR count). The lowest BCUT2D eigenvalue weighted by Gasteiger charge is -2.29. The van der Waals surface area contributed by atoms with Gasteiger partial charge in [-0.2, -0.15) is 0 Å². The maximum Gasteiger partial charge on any atom is 0.350 e. The molecule has 0 spiro atoms. The van der Waals surface area contributed by atoms with Crippen molar-refractivity contribution in [2.45, 2.75) is 52.9 Å². The Morgan fingerprint density at radius 1 is 1.12 bits per heavy atom. The lowest BCUT2D eigenvalue weighted by molar-refractivity contribution is -0.222. The number of ether oxygens (including phenoxy) is 2. The van der Waals surface area contributed by atoms with E-state index >= 15 is 0 Å². The molecule has 1 amide bonds. The van der Waals surface area contributed by atoms with E-state index in [-0.39, 0.29) is 17.0 Å². The molecule has 1 heterocycles. The Morgan fingerprint density at radius 2 is 1.69 bits per heavy atom. The van der Waals surface area contributed by atoms with Crippen molar-refractivity contribution in [1.82, 2.24) is 5.32 Å². The summed E-state index contributed by atoms with van der Waals surface area (Å²) in [7, 11) is 0. The fourth-order valence-electron chi connectivity index (χ4n) is 2.37. The lowest BCUT2D eigenvalue weighted by Crippen LogP contribution is -2.42. The summed E-state index contributed by atoms with van der Waals surface area (Å²) < 4.78 is 10.1. The molecule has 1 aromatic carbocycles. The van der Waals surface area contributed by atoms with Gasteiger partial charge in [-0.15, -0.1) is 0 Å². The summed E-state index contributed by atoms with van der Waals surface area (Å²) in [4.78, 5) is 36.3. The molecule has 0 unspecified atom stereocenters. The van der Waals surface area contributed by atoms with Crippen molar-refractivity contribution >= 4 is 23.5 Å². The number of hydrogen-bond donors (Lipinski definition) is 2. The van der Waals surface area contributed by atoms with Crippen LogP contribution in [0.3, 0.4) is 0 Å². The fraction of sp³-hybridized carbons (Fsp3) is 0.421. The third-order valence-electron chi connectivity index (χ3n) is 3.56. The molecular weight excluding hydrogens is 336 g/mol. The SMILES string of the molecule is Cc1c(NC=C2C(=O)OC(C)(C)OC2=O)cccc1C(=O)NC(C)(C)C. The van der Waals surface area contributed by atoms with Gasteiger partial charge in [0.1, 0.15) is 0 Å². The van der Waals surface area contributed by atoms with E-state index in [1.54, 1.807) is 25.1 Å². The van der Waals surface area contributed by atoms with Crippen LogP contribution in [0.2, 0.25) is 0 Å². The van der Waals surface area contributed by atoms with Gasteiger partial charge in [-0.3, -0.25) is 4.79 Å². The minimum absolute atomic E-state index is 0.204. The van der Waals surface area contributed by atoms with Gasteiger partial charge in [0.15, 0.2) is 5.57 Å². The number of amides is 1. The van der Waals surface area contributed by atoms with Crippen LogP contribution in [0.5, 0.6) is 0 Å². The molecule has 0 aromatic heterocycles. The molecule has 0 aliphatic carbocycles. The molecule has 2 N–H and O–H groups in total. The first-order chi connectivity index (χ1) is 11.9. The Bertz CT molecular complexity index is 766. The van der Waals surface area contributed by atoms with Crippen LogP contribution < -0.4 is 10.6 Å². The molecule has 7 heteroatoms. The van der Waals surface area contributed by atoms with Crippen molar-refractivity contribution in [1.29, 1.82) is 0 Å². The average molecular weight is 360 g/mol. The molecule has 1 aliphatic heterocycles. The van der Waals surface area contributed by atoms with Gasteiger partial charge < -0.3 is 20.1 Å².